The lowest BCUT2D eigenvalue weighted by atomic mass is 9.86. The summed E-state index contributed by atoms with van der Waals surface area (Å²) < 4.78 is 0. The molecule has 86 valence electrons. The summed E-state index contributed by atoms with van der Waals surface area (Å²) in [5.41, 5.74) is 1.28. The minimum atomic E-state index is 0.0161. The molecule has 0 saturated carbocycles. The highest BCUT2D eigenvalue weighted by molar-refractivity contribution is 5.87. The first kappa shape index (κ1) is 11.3. The first-order valence-corrected chi connectivity index (χ1v) is 6.02. The molecule has 0 spiro atoms. The molecule has 2 nitrogen and oxygen atoms in total. The zero-order valence-electron chi connectivity index (χ0n) is 9.94. The van der Waals surface area contributed by atoms with E-state index < -0.39 is 0 Å². The predicted octanol–water partition coefficient (Wildman–Crippen LogP) is 2.36. The lowest BCUT2D eigenvalue weighted by Gasteiger charge is -2.20. The summed E-state index contributed by atoms with van der Waals surface area (Å²) in [6.07, 6.45) is 1.06. The topological polar surface area (TPSA) is 29.1 Å². The molecule has 0 unspecified atom stereocenters. The third-order valence-corrected chi connectivity index (χ3v) is 3.33. The Labute approximate surface area is 97.1 Å². The molecule has 0 aromatic heterocycles. The van der Waals surface area contributed by atoms with Crippen molar-refractivity contribution in [3.63, 3.8) is 0 Å². The zero-order valence-corrected chi connectivity index (χ0v) is 9.94. The number of carbonyl (C=O) groups excluding carboxylic acids is 1. The number of nitrogens with one attached hydrogen (secondary N) is 1. The van der Waals surface area contributed by atoms with Gasteiger partial charge in [0.2, 0.25) is 0 Å². The van der Waals surface area contributed by atoms with Gasteiger partial charge >= 0.3 is 0 Å². The van der Waals surface area contributed by atoms with Crippen LogP contribution in [0.3, 0.4) is 0 Å². The highest BCUT2D eigenvalue weighted by Gasteiger charge is 2.34. The second-order valence-corrected chi connectivity index (χ2v) is 4.79. The molecule has 1 aromatic carbocycles. The first-order valence-electron chi connectivity index (χ1n) is 6.02. The largest absolute Gasteiger partial charge is 0.307 e. The summed E-state index contributed by atoms with van der Waals surface area (Å²) in [4.78, 5) is 12.1. The van der Waals surface area contributed by atoms with Gasteiger partial charge in [-0.2, -0.15) is 0 Å². The van der Waals surface area contributed by atoms with E-state index in [2.05, 4.69) is 17.4 Å². The summed E-state index contributed by atoms with van der Waals surface area (Å²) in [5.74, 6) is 0.810. The fourth-order valence-corrected chi connectivity index (χ4v) is 2.42. The van der Waals surface area contributed by atoms with Gasteiger partial charge in [0, 0.05) is 11.8 Å². The van der Waals surface area contributed by atoms with Crippen LogP contribution < -0.4 is 5.32 Å². The number of hydrogen-bond acceptors (Lipinski definition) is 2. The molecule has 0 radical (unpaired) electrons. The Kier molecular flexibility index (Phi) is 3.39. The van der Waals surface area contributed by atoms with Crippen LogP contribution in [0.1, 0.15) is 31.7 Å². The van der Waals surface area contributed by atoms with Gasteiger partial charge in [-0.05, 0) is 18.5 Å². The number of ketones is 1. The van der Waals surface area contributed by atoms with Crippen molar-refractivity contribution in [3.8, 4) is 0 Å². The van der Waals surface area contributed by atoms with E-state index in [1.807, 2.05) is 32.0 Å². The van der Waals surface area contributed by atoms with Gasteiger partial charge in [0.05, 0.1) is 6.04 Å². The number of benzene rings is 1. The minimum absolute atomic E-state index is 0.0161. The maximum absolute atomic E-state index is 12.1. The predicted molar refractivity (Wildman–Crippen MR) is 65.4 cm³/mol. The van der Waals surface area contributed by atoms with Gasteiger partial charge in [-0.15, -0.1) is 0 Å². The summed E-state index contributed by atoms with van der Waals surface area (Å²) in [6.45, 7) is 4.90. The molecule has 1 saturated heterocycles. The zero-order chi connectivity index (χ0) is 11.5. The summed E-state index contributed by atoms with van der Waals surface area (Å²) in [6, 6.07) is 10.4. The maximum Gasteiger partial charge on any atom is 0.152 e. The third-order valence-electron chi connectivity index (χ3n) is 3.33. The van der Waals surface area contributed by atoms with Crippen LogP contribution in [0.5, 0.6) is 0 Å². The van der Waals surface area contributed by atoms with E-state index in [-0.39, 0.29) is 12.0 Å². The van der Waals surface area contributed by atoms with Crippen LogP contribution in [0.2, 0.25) is 0 Å². The van der Waals surface area contributed by atoms with Gasteiger partial charge in [0.25, 0.3) is 0 Å². The smallest absolute Gasteiger partial charge is 0.152 e. The number of hydrogen-bond donors (Lipinski definition) is 1. The fraction of sp³-hybridized carbons (Fsp3) is 0.500. The molecule has 1 heterocycles. The number of carbonyl (C=O) groups is 1. The van der Waals surface area contributed by atoms with Crippen molar-refractivity contribution in [1.29, 1.82) is 0 Å². The molecule has 1 fully saturated rings. The molecule has 2 heteroatoms. The second-order valence-electron chi connectivity index (χ2n) is 4.79. The molecule has 2 rings (SSSR count). The lowest BCUT2D eigenvalue weighted by Crippen LogP contribution is -2.37. The van der Waals surface area contributed by atoms with E-state index in [9.17, 15) is 4.79 Å². The van der Waals surface area contributed by atoms with Gasteiger partial charge < -0.3 is 5.32 Å². The monoisotopic (exact) mass is 217 g/mol. The minimum Gasteiger partial charge on any atom is -0.307 e. The summed E-state index contributed by atoms with van der Waals surface area (Å²) in [7, 11) is 0. The second kappa shape index (κ2) is 4.79. The van der Waals surface area contributed by atoms with Crippen LogP contribution in [-0.4, -0.2) is 18.4 Å². The standard InChI is InChI=1S/C14H19NO/c1-10(2)14(16)13-12(8-9-15-13)11-6-4-3-5-7-11/h3-7,10,12-13,15H,8-9H2,1-2H3/t12-,13-/m0/s1. The molecule has 2 atom stereocenters. The normalized spacial score (nSPS) is 24.9. The van der Waals surface area contributed by atoms with Crippen LogP contribution in [0.15, 0.2) is 30.3 Å². The van der Waals surface area contributed by atoms with Gasteiger partial charge in [-0.25, -0.2) is 0 Å². The van der Waals surface area contributed by atoms with Crippen molar-refractivity contribution in [3.05, 3.63) is 35.9 Å². The van der Waals surface area contributed by atoms with Crippen molar-refractivity contribution in [2.45, 2.75) is 32.2 Å². The molecule has 0 bridgehead atoms. The average molecular weight is 217 g/mol. The Morgan fingerprint density at radius 2 is 2.00 bits per heavy atom. The van der Waals surface area contributed by atoms with Crippen LogP contribution in [0.25, 0.3) is 0 Å². The molecule has 0 amide bonds. The van der Waals surface area contributed by atoms with Gasteiger partial charge in [-0.1, -0.05) is 44.2 Å². The quantitative estimate of drug-likeness (QED) is 0.842. The fourth-order valence-electron chi connectivity index (χ4n) is 2.42. The Hall–Kier alpha value is -1.15. The van der Waals surface area contributed by atoms with Crippen molar-refractivity contribution in [1.82, 2.24) is 5.32 Å². The number of Topliss-reactive ketones (excluding diaryl/α,β-unsaturated/α-hetero) is 1. The van der Waals surface area contributed by atoms with E-state index >= 15 is 0 Å². The van der Waals surface area contributed by atoms with Crippen molar-refractivity contribution < 1.29 is 4.79 Å². The molecule has 1 aromatic rings. The molecule has 1 N–H and O–H groups in total. The maximum atomic E-state index is 12.1. The van der Waals surface area contributed by atoms with Crippen LogP contribution in [0.4, 0.5) is 0 Å². The Morgan fingerprint density at radius 3 is 2.62 bits per heavy atom. The van der Waals surface area contributed by atoms with Crippen LogP contribution in [-0.2, 0) is 4.79 Å². The van der Waals surface area contributed by atoms with Gasteiger partial charge in [0.1, 0.15) is 0 Å². The van der Waals surface area contributed by atoms with Crippen LogP contribution in [0, 0.1) is 5.92 Å². The van der Waals surface area contributed by atoms with Gasteiger partial charge in [0.15, 0.2) is 5.78 Å². The SMILES string of the molecule is CC(C)C(=O)[C@H]1NCC[C@H]1c1ccccc1. The highest BCUT2D eigenvalue weighted by Crippen LogP contribution is 2.29. The molecule has 0 aliphatic carbocycles. The van der Waals surface area contributed by atoms with Crippen molar-refractivity contribution in [2.75, 3.05) is 6.54 Å². The van der Waals surface area contributed by atoms with Gasteiger partial charge in [-0.3, -0.25) is 4.79 Å². The average Bonchev–Trinajstić information content (AvgIpc) is 2.77. The molecule has 1 aliphatic rings. The van der Waals surface area contributed by atoms with E-state index in [0.29, 0.717) is 11.7 Å². The van der Waals surface area contributed by atoms with Crippen molar-refractivity contribution in [2.24, 2.45) is 5.92 Å². The van der Waals surface area contributed by atoms with E-state index in [1.165, 1.54) is 5.56 Å². The number of rotatable bonds is 3. The molecular weight excluding hydrogens is 198 g/mol. The molecular formula is C14H19NO. The Balaban J connectivity index is 2.19. The molecule has 1 aliphatic heterocycles. The first-order chi connectivity index (χ1) is 7.70. The highest BCUT2D eigenvalue weighted by atomic mass is 16.1. The Morgan fingerprint density at radius 1 is 1.31 bits per heavy atom. The van der Waals surface area contributed by atoms with Crippen molar-refractivity contribution >= 4 is 5.78 Å². The van der Waals surface area contributed by atoms with E-state index in [0.717, 1.165) is 13.0 Å². The van der Waals surface area contributed by atoms with E-state index in [1.54, 1.807) is 0 Å². The Bertz CT molecular complexity index is 358. The summed E-state index contributed by atoms with van der Waals surface area (Å²) >= 11 is 0. The summed E-state index contributed by atoms with van der Waals surface area (Å²) in [5, 5.41) is 3.34. The lowest BCUT2D eigenvalue weighted by molar-refractivity contribution is -0.123. The van der Waals surface area contributed by atoms with E-state index in [4.69, 9.17) is 0 Å². The molecule has 16 heavy (non-hydrogen) atoms. The van der Waals surface area contributed by atoms with Crippen LogP contribution >= 0.6 is 0 Å². The third kappa shape index (κ3) is 2.17.